The van der Waals surface area contributed by atoms with Crippen LogP contribution in [0.3, 0.4) is 0 Å². The lowest BCUT2D eigenvalue weighted by Crippen LogP contribution is -1.94. The van der Waals surface area contributed by atoms with E-state index >= 15 is 0 Å². The lowest BCUT2D eigenvalue weighted by molar-refractivity contribution is 0.922. The minimum atomic E-state index is 0.201. The van der Waals surface area contributed by atoms with Crippen molar-refractivity contribution < 1.29 is 1.37 Å². The summed E-state index contributed by atoms with van der Waals surface area (Å²) in [6.45, 7) is 0.397. The monoisotopic (exact) mass is 183 g/mol. The first-order chi connectivity index (χ1) is 7.42. The molecule has 0 unspecified atom stereocenters. The Morgan fingerprint density at radius 3 is 1.57 bits per heavy atom. The van der Waals surface area contributed by atoms with Gasteiger partial charge in [-0.2, -0.15) is 0 Å². The molecule has 2 aromatic rings. The van der Waals surface area contributed by atoms with Crippen LogP contribution in [0, 0.1) is 0 Å². The summed E-state index contributed by atoms with van der Waals surface area (Å²) >= 11 is 0. The molecule has 0 saturated carbocycles. The summed E-state index contributed by atoms with van der Waals surface area (Å²) in [6.07, 6.45) is 0. The standard InChI is InChI=1S/C14H14/c1-12(13-8-4-2-5-9-13)14-10-6-3-7-11-14/h2-12H,1H3/i1D. The molecule has 2 rings (SSSR count). The van der Waals surface area contributed by atoms with Gasteiger partial charge in [0.15, 0.2) is 0 Å². The highest BCUT2D eigenvalue weighted by molar-refractivity contribution is 5.31. The second-order valence-corrected chi connectivity index (χ2v) is 3.37. The van der Waals surface area contributed by atoms with Crippen LogP contribution in [0.2, 0.25) is 0 Å². The van der Waals surface area contributed by atoms with Crippen LogP contribution in [0.25, 0.3) is 0 Å². The molecule has 14 heavy (non-hydrogen) atoms. The van der Waals surface area contributed by atoms with Crippen molar-refractivity contribution in [3.63, 3.8) is 0 Å². The van der Waals surface area contributed by atoms with Crippen molar-refractivity contribution in [2.45, 2.75) is 12.8 Å². The van der Waals surface area contributed by atoms with Crippen molar-refractivity contribution in [2.24, 2.45) is 0 Å². The molecule has 0 fully saturated rings. The topological polar surface area (TPSA) is 0 Å². The molecule has 0 heterocycles. The van der Waals surface area contributed by atoms with Crippen LogP contribution >= 0.6 is 0 Å². The largest absolute Gasteiger partial charge is 0.0622 e. The van der Waals surface area contributed by atoms with Crippen LogP contribution in [0.1, 0.15) is 25.3 Å². The number of hydrogen-bond donors (Lipinski definition) is 0. The van der Waals surface area contributed by atoms with Crippen molar-refractivity contribution in [2.75, 3.05) is 0 Å². The summed E-state index contributed by atoms with van der Waals surface area (Å²) in [5.74, 6) is 0.201. The summed E-state index contributed by atoms with van der Waals surface area (Å²) in [7, 11) is 0. The van der Waals surface area contributed by atoms with E-state index in [4.69, 9.17) is 1.37 Å². The molecule has 0 aromatic heterocycles. The average molecular weight is 183 g/mol. The van der Waals surface area contributed by atoms with Gasteiger partial charge in [0.1, 0.15) is 0 Å². The fourth-order valence-electron chi connectivity index (χ4n) is 1.56. The van der Waals surface area contributed by atoms with Gasteiger partial charge in [-0.1, -0.05) is 67.6 Å². The fraction of sp³-hybridized carbons (Fsp3) is 0.143. The van der Waals surface area contributed by atoms with E-state index in [2.05, 4.69) is 24.3 Å². The van der Waals surface area contributed by atoms with E-state index in [1.807, 2.05) is 36.4 Å². The van der Waals surface area contributed by atoms with Gasteiger partial charge in [-0.3, -0.25) is 0 Å². The third kappa shape index (κ3) is 1.85. The zero-order valence-corrected chi connectivity index (χ0v) is 8.06. The van der Waals surface area contributed by atoms with Crippen molar-refractivity contribution in [1.29, 1.82) is 0 Å². The highest BCUT2D eigenvalue weighted by Gasteiger charge is 2.05. The molecule has 0 saturated heterocycles. The van der Waals surface area contributed by atoms with Gasteiger partial charge in [-0.25, -0.2) is 0 Å². The van der Waals surface area contributed by atoms with Gasteiger partial charge in [-0.05, 0) is 11.1 Å². The smallest absolute Gasteiger partial charge is 0.0240 e. The summed E-state index contributed by atoms with van der Waals surface area (Å²) in [5, 5.41) is 0. The van der Waals surface area contributed by atoms with E-state index < -0.39 is 0 Å². The number of rotatable bonds is 2. The molecule has 0 heteroatoms. The first-order valence-corrected chi connectivity index (χ1v) is 4.81. The Labute approximate surface area is 86.6 Å². The molecule has 0 aliphatic rings. The van der Waals surface area contributed by atoms with Gasteiger partial charge < -0.3 is 0 Å². The van der Waals surface area contributed by atoms with Gasteiger partial charge in [0.2, 0.25) is 0 Å². The van der Waals surface area contributed by atoms with Crippen molar-refractivity contribution in [3.05, 3.63) is 71.8 Å². The van der Waals surface area contributed by atoms with Gasteiger partial charge >= 0.3 is 0 Å². The maximum absolute atomic E-state index is 7.63. The zero-order chi connectivity index (χ0) is 10.5. The minimum Gasteiger partial charge on any atom is -0.0622 e. The average Bonchev–Trinajstić information content (AvgIpc) is 2.33. The molecule has 0 nitrogen and oxygen atoms in total. The predicted octanol–water partition coefficient (Wildman–Crippen LogP) is 3.84. The second-order valence-electron chi connectivity index (χ2n) is 3.37. The summed E-state index contributed by atoms with van der Waals surface area (Å²) in [6, 6.07) is 20.5. The van der Waals surface area contributed by atoms with Crippen molar-refractivity contribution in [1.82, 2.24) is 0 Å². The highest BCUT2D eigenvalue weighted by atomic mass is 14.1. The van der Waals surface area contributed by atoms with Crippen LogP contribution in [-0.2, 0) is 0 Å². The lowest BCUT2D eigenvalue weighted by Gasteiger charge is -2.11. The first kappa shape index (κ1) is 7.81. The van der Waals surface area contributed by atoms with E-state index in [1.54, 1.807) is 0 Å². The van der Waals surface area contributed by atoms with Crippen LogP contribution in [-0.4, -0.2) is 0 Å². The molecule has 0 spiro atoms. The molecule has 0 N–H and O–H groups in total. The molecule has 2 aromatic carbocycles. The Morgan fingerprint density at radius 2 is 1.21 bits per heavy atom. The van der Waals surface area contributed by atoms with Crippen LogP contribution in [0.15, 0.2) is 60.7 Å². The summed E-state index contributed by atoms with van der Waals surface area (Å²) in [4.78, 5) is 0. The van der Waals surface area contributed by atoms with Gasteiger partial charge in [0.05, 0.1) is 0 Å². The lowest BCUT2D eigenvalue weighted by atomic mass is 9.93. The molecule has 0 radical (unpaired) electrons. The maximum Gasteiger partial charge on any atom is 0.0240 e. The van der Waals surface area contributed by atoms with E-state index in [0.717, 1.165) is 0 Å². The van der Waals surface area contributed by atoms with Crippen molar-refractivity contribution >= 4 is 0 Å². The summed E-state index contributed by atoms with van der Waals surface area (Å²) < 4.78 is 7.63. The molecular formula is C14H14. The molecule has 0 bridgehead atoms. The number of benzene rings is 2. The SMILES string of the molecule is [2H]CC(c1ccccc1)c1ccccc1. The van der Waals surface area contributed by atoms with Crippen LogP contribution in [0.5, 0.6) is 0 Å². The van der Waals surface area contributed by atoms with Crippen LogP contribution in [0.4, 0.5) is 0 Å². The molecule has 0 aliphatic heterocycles. The molecular weight excluding hydrogens is 168 g/mol. The Balaban J connectivity index is 2.34. The second kappa shape index (κ2) is 4.10. The maximum atomic E-state index is 7.63. The molecule has 0 atom stereocenters. The van der Waals surface area contributed by atoms with Crippen molar-refractivity contribution in [3.8, 4) is 0 Å². The minimum absolute atomic E-state index is 0.201. The third-order valence-corrected chi connectivity index (χ3v) is 2.40. The Hall–Kier alpha value is -1.56. The molecule has 0 amide bonds. The first-order valence-electron chi connectivity index (χ1n) is 5.51. The zero-order valence-electron chi connectivity index (χ0n) is 9.06. The third-order valence-electron chi connectivity index (χ3n) is 2.40. The molecule has 0 aliphatic carbocycles. The quantitative estimate of drug-likeness (QED) is 0.663. The Bertz CT molecular complexity index is 355. The Kier molecular flexibility index (Phi) is 2.29. The van der Waals surface area contributed by atoms with E-state index in [0.29, 0.717) is 6.90 Å². The predicted molar refractivity (Wildman–Crippen MR) is 60.4 cm³/mol. The van der Waals surface area contributed by atoms with Crippen LogP contribution < -0.4 is 0 Å². The van der Waals surface area contributed by atoms with Gasteiger partial charge in [0.25, 0.3) is 0 Å². The van der Waals surface area contributed by atoms with Gasteiger partial charge in [-0.15, -0.1) is 0 Å². The fourth-order valence-corrected chi connectivity index (χ4v) is 1.56. The Morgan fingerprint density at radius 1 is 0.786 bits per heavy atom. The van der Waals surface area contributed by atoms with Gasteiger partial charge in [0, 0.05) is 7.29 Å². The summed E-state index contributed by atoms with van der Waals surface area (Å²) in [5.41, 5.74) is 2.44. The highest BCUT2D eigenvalue weighted by Crippen LogP contribution is 2.22. The normalized spacial score (nSPS) is 11.4. The number of hydrogen-bond acceptors (Lipinski definition) is 0. The van der Waals surface area contributed by atoms with E-state index in [9.17, 15) is 0 Å². The van der Waals surface area contributed by atoms with E-state index in [-0.39, 0.29) is 5.92 Å². The van der Waals surface area contributed by atoms with E-state index in [1.165, 1.54) is 11.1 Å². The molecule has 70 valence electrons.